The average Bonchev–Trinajstić information content (AvgIpc) is 2.94. The van der Waals surface area contributed by atoms with Gasteiger partial charge in [-0.05, 0) is 57.8 Å². The average molecular weight is 370 g/mol. The van der Waals surface area contributed by atoms with Crippen LogP contribution in [0, 0.1) is 12.7 Å². The predicted molar refractivity (Wildman–Crippen MR) is 102 cm³/mol. The highest BCUT2D eigenvalue weighted by Gasteiger charge is 2.24. The quantitative estimate of drug-likeness (QED) is 0.657. The maximum absolute atomic E-state index is 13.1. The van der Waals surface area contributed by atoms with Gasteiger partial charge in [-0.2, -0.15) is 0 Å². The molecule has 0 fully saturated rings. The molecule has 0 bridgehead atoms. The molecule has 0 aliphatic heterocycles. The molecule has 0 saturated carbocycles. The molecule has 1 atom stereocenters. The number of aromatic hydroxyl groups is 1. The number of fused-ring (bicyclic) bond motifs is 1. The number of benzene rings is 2. The molecule has 27 heavy (non-hydrogen) atoms. The van der Waals surface area contributed by atoms with E-state index in [2.05, 4.69) is 4.98 Å². The van der Waals surface area contributed by atoms with Crippen LogP contribution in [0.5, 0.6) is 5.75 Å². The minimum absolute atomic E-state index is 0.135. The van der Waals surface area contributed by atoms with E-state index in [1.807, 2.05) is 19.0 Å². The summed E-state index contributed by atoms with van der Waals surface area (Å²) in [5.74, 6) is -0.689. The van der Waals surface area contributed by atoms with Crippen molar-refractivity contribution in [2.75, 3.05) is 14.1 Å². The van der Waals surface area contributed by atoms with E-state index in [-0.39, 0.29) is 11.6 Å². The van der Waals surface area contributed by atoms with Gasteiger partial charge < -0.3 is 19.7 Å². The summed E-state index contributed by atoms with van der Waals surface area (Å²) in [6.07, 6.45) is -0.531. The summed E-state index contributed by atoms with van der Waals surface area (Å²) in [4.78, 5) is 18.0. The molecule has 1 aromatic heterocycles. The first-order chi connectivity index (χ1) is 12.8. The van der Waals surface area contributed by atoms with Crippen molar-refractivity contribution in [3.05, 3.63) is 64.6 Å². The van der Waals surface area contributed by atoms with E-state index in [9.17, 15) is 14.3 Å². The number of carbonyl (C=O) groups excluding carboxylic acids is 1. The molecule has 0 radical (unpaired) electrons. The van der Waals surface area contributed by atoms with Gasteiger partial charge in [0.15, 0.2) is 0 Å². The van der Waals surface area contributed by atoms with Gasteiger partial charge in [0.1, 0.15) is 17.7 Å². The Morgan fingerprint density at radius 1 is 1.22 bits per heavy atom. The molecule has 2 aromatic carbocycles. The van der Waals surface area contributed by atoms with Crippen molar-refractivity contribution in [1.82, 2.24) is 9.88 Å². The van der Waals surface area contributed by atoms with Gasteiger partial charge >= 0.3 is 5.97 Å². The predicted octanol–water partition coefficient (Wildman–Crippen LogP) is 4.30. The highest BCUT2D eigenvalue weighted by Crippen LogP contribution is 2.33. The minimum atomic E-state index is -0.531. The van der Waals surface area contributed by atoms with Crippen molar-refractivity contribution in [3.8, 4) is 5.75 Å². The molecular formula is C21H23FN2O3. The van der Waals surface area contributed by atoms with Gasteiger partial charge in [0.05, 0.1) is 5.56 Å². The first-order valence-electron chi connectivity index (χ1n) is 8.72. The highest BCUT2D eigenvalue weighted by molar-refractivity contribution is 6.07. The highest BCUT2D eigenvalue weighted by atomic mass is 19.1. The molecule has 2 N–H and O–H groups in total. The Labute approximate surface area is 157 Å². The Kier molecular flexibility index (Phi) is 5.19. The lowest BCUT2D eigenvalue weighted by Gasteiger charge is -2.16. The smallest absolute Gasteiger partial charge is 0.341 e. The largest absolute Gasteiger partial charge is 0.508 e. The molecular weight excluding hydrogens is 347 g/mol. The standard InChI is InChI=1S/C21H23FN2O3/c1-12-19(21(26)27-13(2)14-5-7-15(22)8-6-14)20-16(11-24(3)4)18(25)10-9-17(20)23-12/h5-10,13,23,25H,11H2,1-4H3/t13-/m0/s1. The maximum Gasteiger partial charge on any atom is 0.341 e. The zero-order valence-corrected chi connectivity index (χ0v) is 15.8. The second kappa shape index (κ2) is 7.40. The fraction of sp³-hybridized carbons (Fsp3) is 0.286. The number of hydrogen-bond donors (Lipinski definition) is 2. The Hall–Kier alpha value is -2.86. The van der Waals surface area contributed by atoms with E-state index in [1.54, 1.807) is 38.1 Å². The number of rotatable bonds is 5. The molecule has 6 heteroatoms. The van der Waals surface area contributed by atoms with E-state index in [0.717, 1.165) is 5.52 Å². The van der Waals surface area contributed by atoms with Gasteiger partial charge in [-0.25, -0.2) is 9.18 Å². The number of H-pyrrole nitrogens is 1. The number of halogens is 1. The molecule has 0 aliphatic rings. The molecule has 142 valence electrons. The second-order valence-corrected chi connectivity index (χ2v) is 6.95. The molecule has 3 rings (SSSR count). The number of aromatic amines is 1. The van der Waals surface area contributed by atoms with Crippen LogP contribution in [0.3, 0.4) is 0 Å². The zero-order valence-electron chi connectivity index (χ0n) is 15.8. The van der Waals surface area contributed by atoms with Gasteiger partial charge in [0.2, 0.25) is 0 Å². The summed E-state index contributed by atoms with van der Waals surface area (Å²) >= 11 is 0. The first-order valence-corrected chi connectivity index (χ1v) is 8.72. The number of nitrogens with one attached hydrogen (secondary N) is 1. The number of esters is 1. The van der Waals surface area contributed by atoms with Crippen molar-refractivity contribution in [1.29, 1.82) is 0 Å². The number of aromatic nitrogens is 1. The summed E-state index contributed by atoms with van der Waals surface area (Å²) < 4.78 is 18.7. The third-order valence-corrected chi connectivity index (χ3v) is 4.54. The minimum Gasteiger partial charge on any atom is -0.508 e. The molecule has 3 aromatic rings. The van der Waals surface area contributed by atoms with Crippen LogP contribution in [-0.2, 0) is 11.3 Å². The summed E-state index contributed by atoms with van der Waals surface area (Å²) in [6.45, 7) is 4.03. The Bertz CT molecular complexity index is 977. The van der Waals surface area contributed by atoms with E-state index < -0.39 is 12.1 Å². The second-order valence-electron chi connectivity index (χ2n) is 6.95. The molecule has 1 heterocycles. The SMILES string of the molecule is Cc1[nH]c2ccc(O)c(CN(C)C)c2c1C(=O)O[C@@H](C)c1ccc(F)cc1. The molecule has 0 amide bonds. The van der Waals surface area contributed by atoms with Crippen molar-refractivity contribution >= 4 is 16.9 Å². The van der Waals surface area contributed by atoms with Crippen LogP contribution in [0.15, 0.2) is 36.4 Å². The van der Waals surface area contributed by atoms with E-state index >= 15 is 0 Å². The van der Waals surface area contributed by atoms with Gasteiger partial charge in [0, 0.05) is 28.7 Å². The van der Waals surface area contributed by atoms with Crippen molar-refractivity contribution in [2.45, 2.75) is 26.5 Å². The van der Waals surface area contributed by atoms with E-state index in [4.69, 9.17) is 4.74 Å². The van der Waals surface area contributed by atoms with Crippen LogP contribution in [0.25, 0.3) is 10.9 Å². The summed E-state index contributed by atoms with van der Waals surface area (Å²) in [7, 11) is 3.79. The number of carbonyl (C=O) groups is 1. The Morgan fingerprint density at radius 2 is 1.89 bits per heavy atom. The molecule has 0 spiro atoms. The van der Waals surface area contributed by atoms with Crippen LogP contribution in [0.2, 0.25) is 0 Å². The molecule has 0 saturated heterocycles. The number of hydrogen-bond acceptors (Lipinski definition) is 4. The number of phenolic OH excluding ortho intramolecular Hbond substituents is 1. The molecule has 0 aliphatic carbocycles. The fourth-order valence-corrected chi connectivity index (χ4v) is 3.23. The van der Waals surface area contributed by atoms with Crippen LogP contribution in [0.4, 0.5) is 4.39 Å². The lowest BCUT2D eigenvalue weighted by Crippen LogP contribution is -2.13. The third-order valence-electron chi connectivity index (χ3n) is 4.54. The third kappa shape index (κ3) is 3.80. The van der Waals surface area contributed by atoms with Gasteiger partial charge in [-0.3, -0.25) is 0 Å². The number of ether oxygens (including phenoxy) is 1. The number of nitrogens with zero attached hydrogens (tertiary/aromatic N) is 1. The first kappa shape index (κ1) is 18.9. The van der Waals surface area contributed by atoms with E-state index in [1.165, 1.54) is 12.1 Å². The van der Waals surface area contributed by atoms with Gasteiger partial charge in [0.25, 0.3) is 0 Å². The Morgan fingerprint density at radius 3 is 2.52 bits per heavy atom. The van der Waals surface area contributed by atoms with Gasteiger partial charge in [-0.15, -0.1) is 0 Å². The fourth-order valence-electron chi connectivity index (χ4n) is 3.23. The molecule has 5 nitrogen and oxygen atoms in total. The normalized spacial score (nSPS) is 12.5. The monoisotopic (exact) mass is 370 g/mol. The maximum atomic E-state index is 13.1. The van der Waals surface area contributed by atoms with Crippen molar-refractivity contribution in [2.24, 2.45) is 0 Å². The summed E-state index contributed by atoms with van der Waals surface area (Å²) in [5.41, 5.74) is 3.23. The Balaban J connectivity index is 2.00. The van der Waals surface area contributed by atoms with Crippen molar-refractivity contribution in [3.63, 3.8) is 0 Å². The van der Waals surface area contributed by atoms with Crippen molar-refractivity contribution < 1.29 is 19.0 Å². The molecule has 0 unspecified atom stereocenters. The van der Waals surface area contributed by atoms with E-state index in [0.29, 0.717) is 34.3 Å². The number of aryl methyl sites for hydroxylation is 1. The lowest BCUT2D eigenvalue weighted by atomic mass is 10.0. The topological polar surface area (TPSA) is 65.6 Å². The van der Waals surface area contributed by atoms with Crippen LogP contribution >= 0.6 is 0 Å². The summed E-state index contributed by atoms with van der Waals surface area (Å²) in [5, 5.41) is 11.0. The summed E-state index contributed by atoms with van der Waals surface area (Å²) in [6, 6.07) is 9.23. The lowest BCUT2D eigenvalue weighted by molar-refractivity contribution is 0.0339. The van der Waals surface area contributed by atoms with Crippen LogP contribution < -0.4 is 0 Å². The number of phenols is 1. The zero-order chi connectivity index (χ0) is 19.7. The van der Waals surface area contributed by atoms with Crippen LogP contribution in [-0.4, -0.2) is 35.1 Å². The van der Waals surface area contributed by atoms with Crippen LogP contribution in [0.1, 0.15) is 40.2 Å². The van der Waals surface area contributed by atoms with Gasteiger partial charge in [-0.1, -0.05) is 12.1 Å².